The first kappa shape index (κ1) is 13.3. The van der Waals surface area contributed by atoms with Crippen LogP contribution in [0.3, 0.4) is 0 Å². The number of hydrogen-bond acceptors (Lipinski definition) is 5. The fraction of sp³-hybridized carbons (Fsp3) is 0.615. The molecule has 1 fully saturated rings. The molecule has 5 nitrogen and oxygen atoms in total. The number of ether oxygens (including phenoxy) is 1. The standard InChI is InChI=1S/C13H21N3O2/c1-3-16-4-5-18-11(8-16)12(17)10-6-9(2)7-15-13(10)14/h6-7,11-12,17H,3-5,8H2,1-2H3,(H2,14,15). The maximum atomic E-state index is 10.4. The van der Waals surface area contributed by atoms with Crippen LogP contribution in [-0.4, -0.2) is 47.3 Å². The molecule has 2 atom stereocenters. The van der Waals surface area contributed by atoms with Crippen LogP contribution in [0.2, 0.25) is 0 Å². The number of morpholine rings is 1. The Morgan fingerprint density at radius 3 is 3.17 bits per heavy atom. The number of aliphatic hydroxyl groups is 1. The molecule has 18 heavy (non-hydrogen) atoms. The Bertz CT molecular complexity index is 411. The molecule has 1 aromatic rings. The molecule has 1 aromatic heterocycles. The van der Waals surface area contributed by atoms with Crippen molar-refractivity contribution in [1.29, 1.82) is 0 Å². The van der Waals surface area contributed by atoms with E-state index in [2.05, 4.69) is 16.8 Å². The first-order valence-electron chi connectivity index (χ1n) is 6.36. The van der Waals surface area contributed by atoms with Gasteiger partial charge in [0.25, 0.3) is 0 Å². The second-order valence-corrected chi connectivity index (χ2v) is 4.73. The number of likely N-dealkylation sites (N-methyl/N-ethyl adjacent to an activating group) is 1. The smallest absolute Gasteiger partial charge is 0.129 e. The topological polar surface area (TPSA) is 71.6 Å². The molecule has 0 radical (unpaired) electrons. The number of aliphatic hydroxyl groups excluding tert-OH is 1. The molecular formula is C13H21N3O2. The van der Waals surface area contributed by atoms with E-state index in [4.69, 9.17) is 10.5 Å². The minimum Gasteiger partial charge on any atom is -0.385 e. The average Bonchev–Trinajstić information content (AvgIpc) is 2.41. The molecule has 1 saturated heterocycles. The van der Waals surface area contributed by atoms with E-state index >= 15 is 0 Å². The lowest BCUT2D eigenvalue weighted by Crippen LogP contribution is -2.45. The van der Waals surface area contributed by atoms with Gasteiger partial charge in [0.05, 0.1) is 6.61 Å². The molecule has 1 aliphatic heterocycles. The zero-order valence-corrected chi connectivity index (χ0v) is 11.0. The maximum absolute atomic E-state index is 10.4. The van der Waals surface area contributed by atoms with Crippen LogP contribution in [-0.2, 0) is 4.74 Å². The molecule has 0 saturated carbocycles. The van der Waals surface area contributed by atoms with Crippen molar-refractivity contribution in [1.82, 2.24) is 9.88 Å². The molecule has 2 heterocycles. The quantitative estimate of drug-likeness (QED) is 0.828. The van der Waals surface area contributed by atoms with E-state index in [0.717, 1.165) is 25.2 Å². The Morgan fingerprint density at radius 2 is 2.44 bits per heavy atom. The molecule has 0 bridgehead atoms. The lowest BCUT2D eigenvalue weighted by atomic mass is 10.0. The molecule has 2 rings (SSSR count). The fourth-order valence-electron chi connectivity index (χ4n) is 2.25. The van der Waals surface area contributed by atoms with Crippen LogP contribution < -0.4 is 5.73 Å². The van der Waals surface area contributed by atoms with Crippen molar-refractivity contribution in [2.24, 2.45) is 0 Å². The summed E-state index contributed by atoms with van der Waals surface area (Å²) in [6, 6.07) is 1.88. The largest absolute Gasteiger partial charge is 0.385 e. The number of aryl methyl sites for hydroxylation is 1. The van der Waals surface area contributed by atoms with Gasteiger partial charge in [-0.25, -0.2) is 4.98 Å². The predicted molar refractivity (Wildman–Crippen MR) is 70.2 cm³/mol. The summed E-state index contributed by atoms with van der Waals surface area (Å²) in [6.45, 7) is 7.30. The summed E-state index contributed by atoms with van der Waals surface area (Å²) in [5.74, 6) is 0.380. The summed E-state index contributed by atoms with van der Waals surface area (Å²) < 4.78 is 5.65. The van der Waals surface area contributed by atoms with Crippen molar-refractivity contribution in [3.63, 3.8) is 0 Å². The number of pyridine rings is 1. The molecule has 1 aliphatic rings. The van der Waals surface area contributed by atoms with Gasteiger partial charge >= 0.3 is 0 Å². The highest BCUT2D eigenvalue weighted by Crippen LogP contribution is 2.26. The molecule has 2 unspecified atom stereocenters. The van der Waals surface area contributed by atoms with Crippen molar-refractivity contribution in [3.05, 3.63) is 23.4 Å². The number of hydrogen-bond donors (Lipinski definition) is 2. The molecule has 0 aliphatic carbocycles. The Kier molecular flexibility index (Phi) is 4.16. The number of aromatic nitrogens is 1. The Labute approximate surface area is 108 Å². The summed E-state index contributed by atoms with van der Waals surface area (Å²) in [6.07, 6.45) is 0.752. The zero-order chi connectivity index (χ0) is 13.1. The van der Waals surface area contributed by atoms with Gasteiger partial charge in [-0.3, -0.25) is 4.90 Å². The van der Waals surface area contributed by atoms with Crippen molar-refractivity contribution in [2.75, 3.05) is 32.0 Å². The highest BCUT2D eigenvalue weighted by Gasteiger charge is 2.28. The molecule has 3 N–H and O–H groups in total. The first-order valence-corrected chi connectivity index (χ1v) is 6.36. The van der Waals surface area contributed by atoms with E-state index in [1.807, 2.05) is 13.0 Å². The van der Waals surface area contributed by atoms with Gasteiger partial charge < -0.3 is 15.6 Å². The molecule has 0 spiro atoms. The van der Waals surface area contributed by atoms with E-state index in [9.17, 15) is 5.11 Å². The van der Waals surface area contributed by atoms with Crippen molar-refractivity contribution in [3.8, 4) is 0 Å². The van der Waals surface area contributed by atoms with E-state index < -0.39 is 6.10 Å². The molecular weight excluding hydrogens is 230 g/mol. The van der Waals surface area contributed by atoms with Crippen molar-refractivity contribution >= 4 is 5.82 Å². The lowest BCUT2D eigenvalue weighted by molar-refractivity contribution is -0.0887. The third-order valence-corrected chi connectivity index (χ3v) is 3.38. The average molecular weight is 251 g/mol. The van der Waals surface area contributed by atoms with Crippen LogP contribution in [0.4, 0.5) is 5.82 Å². The number of nitrogen functional groups attached to an aromatic ring is 1. The number of nitrogens with zero attached hydrogens (tertiary/aromatic N) is 2. The van der Waals surface area contributed by atoms with Gasteiger partial charge in [0.1, 0.15) is 18.0 Å². The second-order valence-electron chi connectivity index (χ2n) is 4.73. The first-order chi connectivity index (χ1) is 8.61. The van der Waals surface area contributed by atoms with E-state index in [1.165, 1.54) is 0 Å². The lowest BCUT2D eigenvalue weighted by Gasteiger charge is -2.34. The second kappa shape index (κ2) is 5.65. The summed E-state index contributed by atoms with van der Waals surface area (Å²) in [5.41, 5.74) is 7.48. The Morgan fingerprint density at radius 1 is 1.67 bits per heavy atom. The number of nitrogens with two attached hydrogens (primary N) is 1. The van der Waals surface area contributed by atoms with Gasteiger partial charge in [-0.1, -0.05) is 6.92 Å². The van der Waals surface area contributed by atoms with Gasteiger partial charge in [-0.05, 0) is 25.1 Å². The zero-order valence-electron chi connectivity index (χ0n) is 11.0. The number of rotatable bonds is 3. The van der Waals surface area contributed by atoms with Crippen LogP contribution >= 0.6 is 0 Å². The van der Waals surface area contributed by atoms with E-state index in [0.29, 0.717) is 18.0 Å². The summed E-state index contributed by atoms with van der Waals surface area (Å²) in [5, 5.41) is 10.4. The Hall–Kier alpha value is -1.17. The SMILES string of the molecule is CCN1CCOC(C(O)c2cc(C)cnc2N)C1. The van der Waals surface area contributed by atoms with Crippen LogP contribution in [0, 0.1) is 6.92 Å². The van der Waals surface area contributed by atoms with E-state index in [-0.39, 0.29) is 6.10 Å². The third-order valence-electron chi connectivity index (χ3n) is 3.38. The fourth-order valence-corrected chi connectivity index (χ4v) is 2.25. The molecule has 100 valence electrons. The predicted octanol–water partition coefficient (Wildman–Crippen LogP) is 0.726. The molecule has 5 heteroatoms. The van der Waals surface area contributed by atoms with Gasteiger partial charge in [-0.2, -0.15) is 0 Å². The van der Waals surface area contributed by atoms with Crippen molar-refractivity contribution in [2.45, 2.75) is 26.1 Å². The van der Waals surface area contributed by atoms with Crippen LogP contribution in [0.1, 0.15) is 24.2 Å². The summed E-state index contributed by atoms with van der Waals surface area (Å²) in [7, 11) is 0. The van der Waals surface area contributed by atoms with Crippen LogP contribution in [0.25, 0.3) is 0 Å². The monoisotopic (exact) mass is 251 g/mol. The normalized spacial score (nSPS) is 22.9. The van der Waals surface area contributed by atoms with Crippen LogP contribution in [0.15, 0.2) is 12.3 Å². The summed E-state index contributed by atoms with van der Waals surface area (Å²) >= 11 is 0. The minimum atomic E-state index is -0.716. The Balaban J connectivity index is 2.14. The third kappa shape index (κ3) is 2.80. The van der Waals surface area contributed by atoms with E-state index in [1.54, 1.807) is 6.20 Å². The maximum Gasteiger partial charge on any atom is 0.129 e. The van der Waals surface area contributed by atoms with Crippen LogP contribution in [0.5, 0.6) is 0 Å². The van der Waals surface area contributed by atoms with Crippen molar-refractivity contribution < 1.29 is 9.84 Å². The van der Waals surface area contributed by atoms with Gasteiger partial charge in [-0.15, -0.1) is 0 Å². The molecule has 0 amide bonds. The highest BCUT2D eigenvalue weighted by molar-refractivity contribution is 5.42. The molecule has 0 aromatic carbocycles. The summed E-state index contributed by atoms with van der Waals surface area (Å²) in [4.78, 5) is 6.34. The van der Waals surface area contributed by atoms with Gasteiger partial charge in [0.2, 0.25) is 0 Å². The van der Waals surface area contributed by atoms with Gasteiger partial charge in [0, 0.05) is 24.8 Å². The minimum absolute atomic E-state index is 0.232. The highest BCUT2D eigenvalue weighted by atomic mass is 16.5. The van der Waals surface area contributed by atoms with Gasteiger partial charge in [0.15, 0.2) is 0 Å². The number of anilines is 1.